The van der Waals surface area contributed by atoms with Gasteiger partial charge in [-0.2, -0.15) is 0 Å². The summed E-state index contributed by atoms with van der Waals surface area (Å²) in [5.41, 5.74) is -3.78. The van der Waals surface area contributed by atoms with Gasteiger partial charge in [0.25, 0.3) is 0 Å². The molecule has 0 saturated carbocycles. The Bertz CT molecular complexity index is 2980. The van der Waals surface area contributed by atoms with Crippen molar-refractivity contribution in [1.29, 1.82) is 0 Å². The number of ether oxygens (including phenoxy) is 5. The molecule has 18 nitrogen and oxygen atoms in total. The molecule has 0 unspecified atom stereocenters. The zero-order valence-electron chi connectivity index (χ0n) is 35.4. The minimum atomic E-state index is -2.37. The quantitative estimate of drug-likeness (QED) is 0.0621. The van der Waals surface area contributed by atoms with Crippen LogP contribution in [0.3, 0.4) is 0 Å². The summed E-state index contributed by atoms with van der Waals surface area (Å²) < 4.78 is 29.9. The summed E-state index contributed by atoms with van der Waals surface area (Å²) in [7, 11) is 1.30. The maximum absolute atomic E-state index is 14.1. The largest absolute Gasteiger partial charge is 0.508 e. The number of methoxy groups -OCH3 is 1. The number of rotatable bonds is 7. The number of thiocarbonyl (C=S) groups is 1. The van der Waals surface area contributed by atoms with E-state index in [2.05, 4.69) is 10.6 Å². The summed E-state index contributed by atoms with van der Waals surface area (Å²) >= 11 is 5.67. The van der Waals surface area contributed by atoms with Gasteiger partial charge in [-0.05, 0) is 61.6 Å². The molecular formula is C48H40N2O16S. The number of fused-ring (bicyclic) bond motifs is 9. The lowest BCUT2D eigenvalue weighted by Crippen LogP contribution is -2.56. The molecule has 0 amide bonds. The minimum absolute atomic E-state index is 0.00430. The predicted molar refractivity (Wildman–Crippen MR) is 235 cm³/mol. The number of benzene rings is 5. The molecular weight excluding hydrogens is 893 g/mol. The molecule has 9 N–H and O–H groups in total. The Morgan fingerprint density at radius 1 is 0.866 bits per heavy atom. The molecule has 344 valence electrons. The van der Waals surface area contributed by atoms with Gasteiger partial charge in [-0.15, -0.1) is 0 Å². The summed E-state index contributed by atoms with van der Waals surface area (Å²) in [5, 5.41) is 83.1. The lowest BCUT2D eigenvalue weighted by molar-refractivity contribution is -0.248. The second kappa shape index (κ2) is 15.8. The number of ketones is 3. The van der Waals surface area contributed by atoms with Crippen LogP contribution in [0.4, 0.5) is 5.69 Å². The van der Waals surface area contributed by atoms with Crippen molar-refractivity contribution in [2.45, 2.75) is 68.0 Å². The van der Waals surface area contributed by atoms with Gasteiger partial charge in [0.05, 0.1) is 47.6 Å². The van der Waals surface area contributed by atoms with Crippen LogP contribution in [0.15, 0.2) is 72.8 Å². The van der Waals surface area contributed by atoms with Crippen LogP contribution in [-0.2, 0) is 31.0 Å². The molecule has 5 aliphatic rings. The highest BCUT2D eigenvalue weighted by molar-refractivity contribution is 7.80. The molecule has 10 rings (SSSR count). The molecule has 67 heavy (non-hydrogen) atoms. The molecule has 3 aliphatic heterocycles. The normalized spacial score (nSPS) is 23.9. The highest BCUT2D eigenvalue weighted by Crippen LogP contribution is 2.58. The number of hydrogen-bond acceptors (Lipinski definition) is 17. The number of esters is 1. The Balaban J connectivity index is 0.924. The third kappa shape index (κ3) is 6.68. The molecule has 1 spiro atoms. The highest BCUT2D eigenvalue weighted by atomic mass is 32.1. The van der Waals surface area contributed by atoms with Crippen molar-refractivity contribution in [2.24, 2.45) is 0 Å². The van der Waals surface area contributed by atoms with Crippen LogP contribution in [0, 0.1) is 0 Å². The first-order valence-corrected chi connectivity index (χ1v) is 21.4. The lowest BCUT2D eigenvalue weighted by atomic mass is 9.72. The molecule has 1 fully saturated rings. The third-order valence-corrected chi connectivity index (χ3v) is 13.3. The van der Waals surface area contributed by atoms with E-state index in [1.165, 1.54) is 55.6 Å². The molecule has 0 bridgehead atoms. The van der Waals surface area contributed by atoms with Gasteiger partial charge in [0.15, 0.2) is 28.6 Å². The topological polar surface area (TPSA) is 280 Å². The lowest BCUT2D eigenvalue weighted by Gasteiger charge is -2.43. The van der Waals surface area contributed by atoms with Gasteiger partial charge in [-0.25, -0.2) is 4.79 Å². The summed E-state index contributed by atoms with van der Waals surface area (Å²) in [6.45, 7) is 0.457. The van der Waals surface area contributed by atoms with Crippen molar-refractivity contribution in [3.05, 3.63) is 128 Å². The average molecular weight is 933 g/mol. The Kier molecular flexibility index (Phi) is 10.3. The minimum Gasteiger partial charge on any atom is -0.508 e. The van der Waals surface area contributed by atoms with E-state index in [-0.39, 0.29) is 68.1 Å². The first-order chi connectivity index (χ1) is 32.0. The molecule has 3 heterocycles. The molecule has 1 saturated heterocycles. The van der Waals surface area contributed by atoms with Crippen molar-refractivity contribution in [3.63, 3.8) is 0 Å². The molecule has 5 aromatic rings. The Hall–Kier alpha value is -7.13. The summed E-state index contributed by atoms with van der Waals surface area (Å²) in [6, 6.07) is 17.1. The molecule has 5 aromatic carbocycles. The standard InChI is InChI=1S/C48H40N2O16S/c1-19-40(55)29(50-46(67)49-20-6-9-26-24(12-20)45(60)66-48(26)27-10-7-21(52)13-31(27)64-32-14-22(53)8-11-28(32)48)15-35(63-19)65-33-17-47(61,34(54)18-51)16-25-37(33)44(59)39-38(42(25)57)41(56)23-4-3-5-30(62-2)36(23)43(39)58/h3-14,19,29,33,35,40,51-53,55,57,59,61H,15-18H2,1-2H3,(H2,49,50,67)/t19-,29-,33-,35-,40-,47-/m0/s1. The summed E-state index contributed by atoms with van der Waals surface area (Å²) in [6.07, 6.45) is -6.28. The zero-order valence-corrected chi connectivity index (χ0v) is 36.2. The summed E-state index contributed by atoms with van der Waals surface area (Å²) in [4.78, 5) is 54.8. The van der Waals surface area contributed by atoms with E-state index in [4.69, 9.17) is 35.9 Å². The fraction of sp³-hybridized carbons (Fsp3) is 0.271. The fourth-order valence-corrected chi connectivity index (χ4v) is 10.2. The third-order valence-electron chi connectivity index (χ3n) is 13.1. The van der Waals surface area contributed by atoms with E-state index >= 15 is 0 Å². The van der Waals surface area contributed by atoms with Crippen LogP contribution >= 0.6 is 12.2 Å². The number of hydrogen-bond donors (Lipinski definition) is 9. The van der Waals surface area contributed by atoms with Crippen molar-refractivity contribution in [2.75, 3.05) is 19.0 Å². The predicted octanol–water partition coefficient (Wildman–Crippen LogP) is 4.01. The number of aliphatic hydroxyl groups is 3. The van der Waals surface area contributed by atoms with Crippen LogP contribution in [0.5, 0.6) is 40.2 Å². The van der Waals surface area contributed by atoms with Gasteiger partial charge >= 0.3 is 5.97 Å². The zero-order chi connectivity index (χ0) is 47.4. The van der Waals surface area contributed by atoms with Crippen molar-refractivity contribution < 1.29 is 78.6 Å². The first kappa shape index (κ1) is 43.7. The van der Waals surface area contributed by atoms with Gasteiger partial charge in [0.2, 0.25) is 5.78 Å². The van der Waals surface area contributed by atoms with E-state index in [0.717, 1.165) is 0 Å². The number of carbonyl (C=O) groups excluding carboxylic acids is 4. The first-order valence-electron chi connectivity index (χ1n) is 21.0. The van der Waals surface area contributed by atoms with Gasteiger partial charge in [0, 0.05) is 70.5 Å². The number of carbonyl (C=O) groups is 4. The van der Waals surface area contributed by atoms with Crippen molar-refractivity contribution in [1.82, 2.24) is 5.32 Å². The maximum atomic E-state index is 14.1. The smallest absolute Gasteiger partial charge is 0.340 e. The van der Waals surface area contributed by atoms with Crippen molar-refractivity contribution >= 4 is 46.3 Å². The molecule has 0 radical (unpaired) electrons. The van der Waals surface area contributed by atoms with Gasteiger partial charge in [0.1, 0.15) is 58.6 Å². The second-order valence-corrected chi connectivity index (χ2v) is 17.4. The van der Waals surface area contributed by atoms with Crippen LogP contribution < -0.4 is 20.1 Å². The van der Waals surface area contributed by atoms with Crippen molar-refractivity contribution in [3.8, 4) is 40.2 Å². The van der Waals surface area contributed by atoms with Gasteiger partial charge in [-0.3, -0.25) is 14.4 Å². The molecule has 0 aromatic heterocycles. The Morgan fingerprint density at radius 2 is 1.54 bits per heavy atom. The number of phenolic OH excluding ortho intramolecular Hbond substituents is 4. The fourth-order valence-electron chi connectivity index (χ4n) is 9.98. The van der Waals surface area contributed by atoms with E-state index in [1.54, 1.807) is 31.2 Å². The number of aliphatic hydroxyl groups excluding tert-OH is 2. The second-order valence-electron chi connectivity index (χ2n) is 17.0. The van der Waals surface area contributed by atoms with Crippen LogP contribution in [0.25, 0.3) is 0 Å². The molecule has 6 atom stereocenters. The number of phenols is 4. The number of anilines is 1. The number of Topliss-reactive ketones (excluding diaryl/α,β-unsaturated/α-hetero) is 1. The van der Waals surface area contributed by atoms with E-state index in [0.29, 0.717) is 22.4 Å². The highest BCUT2D eigenvalue weighted by Gasteiger charge is 2.54. The van der Waals surface area contributed by atoms with Crippen LogP contribution in [0.2, 0.25) is 0 Å². The average Bonchev–Trinajstić information content (AvgIpc) is 3.58. The summed E-state index contributed by atoms with van der Waals surface area (Å²) in [5.74, 6) is -4.58. The Labute approximate surface area is 384 Å². The number of aromatic hydroxyl groups is 4. The van der Waals surface area contributed by atoms with E-state index < -0.39 is 107 Å². The molecule has 2 aliphatic carbocycles. The van der Waals surface area contributed by atoms with Gasteiger partial charge in [-0.1, -0.05) is 18.2 Å². The monoisotopic (exact) mass is 932 g/mol. The Morgan fingerprint density at radius 3 is 2.21 bits per heavy atom. The van der Waals surface area contributed by atoms with Crippen LogP contribution in [0.1, 0.15) is 95.9 Å². The van der Waals surface area contributed by atoms with E-state index in [1.807, 2.05) is 0 Å². The van der Waals surface area contributed by atoms with Crippen LogP contribution in [-0.4, -0.2) is 108 Å². The van der Waals surface area contributed by atoms with E-state index in [9.17, 15) is 54.9 Å². The molecule has 19 heteroatoms. The van der Waals surface area contributed by atoms with Gasteiger partial charge < -0.3 is 70.1 Å². The maximum Gasteiger partial charge on any atom is 0.340 e. The SMILES string of the molecule is COc1cccc2c1C(=O)c1c(O)c3c(c(O)c1C2=O)C[C@@](O)(C(=O)CO)C[C@@H]3O[C@H]1C[C@H](NC(=S)Nc2ccc3c(c2)C(=O)OC32c3ccc(O)cc3Oc3cc(O)ccc32)[C@@H](O)[C@H](C)O1. The number of nitrogens with one attached hydrogen (secondary N) is 2.